The van der Waals surface area contributed by atoms with Gasteiger partial charge in [-0.25, -0.2) is 4.98 Å². The maximum Gasteiger partial charge on any atom is 0.138 e. The number of halogens is 1. The molecule has 0 spiro atoms. The molecular formula is C12H13BrN2Si. The van der Waals surface area contributed by atoms with Crippen molar-refractivity contribution in [3.63, 3.8) is 0 Å². The first-order valence-electron chi connectivity index (χ1n) is 5.11. The Bertz CT molecular complexity index is 584. The van der Waals surface area contributed by atoms with Crippen molar-refractivity contribution in [1.82, 2.24) is 9.97 Å². The van der Waals surface area contributed by atoms with Crippen LogP contribution in [0.4, 0.5) is 0 Å². The zero-order chi connectivity index (χ0) is 11.8. The van der Waals surface area contributed by atoms with E-state index >= 15 is 0 Å². The highest BCUT2D eigenvalue weighted by molar-refractivity contribution is 9.10. The molecule has 82 valence electrons. The maximum absolute atomic E-state index is 4.29. The van der Waals surface area contributed by atoms with Crippen LogP contribution in [0, 0.1) is 11.5 Å². The lowest BCUT2D eigenvalue weighted by Crippen LogP contribution is -2.16. The van der Waals surface area contributed by atoms with E-state index in [2.05, 4.69) is 57.0 Å². The summed E-state index contributed by atoms with van der Waals surface area (Å²) in [5.74, 6) is 3.25. The van der Waals surface area contributed by atoms with Crippen molar-refractivity contribution < 1.29 is 0 Å². The predicted molar refractivity (Wildman–Crippen MR) is 74.0 cm³/mol. The van der Waals surface area contributed by atoms with Crippen LogP contribution in [0.1, 0.15) is 5.56 Å². The molecule has 0 bridgehead atoms. The van der Waals surface area contributed by atoms with Gasteiger partial charge in [-0.15, -0.1) is 5.54 Å². The lowest BCUT2D eigenvalue weighted by molar-refractivity contribution is 1.31. The number of fused-ring (bicyclic) bond motifs is 1. The van der Waals surface area contributed by atoms with Crippen molar-refractivity contribution in [2.75, 3.05) is 0 Å². The van der Waals surface area contributed by atoms with E-state index < -0.39 is 8.07 Å². The van der Waals surface area contributed by atoms with E-state index in [1.807, 2.05) is 12.3 Å². The molecule has 0 aliphatic rings. The highest BCUT2D eigenvalue weighted by Gasteiger charge is 2.08. The molecular weight excluding hydrogens is 280 g/mol. The van der Waals surface area contributed by atoms with Crippen molar-refractivity contribution in [2.45, 2.75) is 19.6 Å². The zero-order valence-corrected chi connectivity index (χ0v) is 12.1. The molecule has 0 saturated carbocycles. The quantitative estimate of drug-likeness (QED) is 0.584. The van der Waals surface area contributed by atoms with Crippen molar-refractivity contribution in [2.24, 2.45) is 0 Å². The number of aromatic nitrogens is 2. The van der Waals surface area contributed by atoms with E-state index in [0.717, 1.165) is 21.1 Å². The number of hydrogen-bond donors (Lipinski definition) is 1. The van der Waals surface area contributed by atoms with Crippen LogP contribution in [0.2, 0.25) is 19.6 Å². The summed E-state index contributed by atoms with van der Waals surface area (Å²) in [7, 11) is -1.32. The van der Waals surface area contributed by atoms with Crippen LogP contribution in [0.3, 0.4) is 0 Å². The first kappa shape index (κ1) is 11.4. The average Bonchev–Trinajstić information content (AvgIpc) is 2.56. The minimum Gasteiger partial charge on any atom is -0.345 e. The summed E-state index contributed by atoms with van der Waals surface area (Å²) in [5.41, 5.74) is 5.29. The van der Waals surface area contributed by atoms with Gasteiger partial charge in [0.2, 0.25) is 0 Å². The first-order valence-corrected chi connectivity index (χ1v) is 9.41. The van der Waals surface area contributed by atoms with Gasteiger partial charge in [0.15, 0.2) is 0 Å². The normalized spacial score (nSPS) is 11.2. The molecule has 2 aromatic heterocycles. The number of nitrogens with one attached hydrogen (secondary N) is 1. The lowest BCUT2D eigenvalue weighted by Gasteiger charge is -2.02. The number of rotatable bonds is 0. The molecule has 1 N–H and O–H groups in total. The molecule has 16 heavy (non-hydrogen) atoms. The van der Waals surface area contributed by atoms with Gasteiger partial charge in [0.05, 0.1) is 5.56 Å². The molecule has 0 aromatic carbocycles. The highest BCUT2D eigenvalue weighted by Crippen LogP contribution is 2.19. The number of nitrogens with zero attached hydrogens (tertiary/aromatic N) is 1. The second-order valence-corrected chi connectivity index (χ2v) is 10.4. The topological polar surface area (TPSA) is 28.7 Å². The molecule has 0 fully saturated rings. The molecule has 0 unspecified atom stereocenters. The molecule has 4 heteroatoms. The van der Waals surface area contributed by atoms with E-state index in [0.29, 0.717) is 0 Å². The second-order valence-electron chi connectivity index (χ2n) is 4.75. The summed E-state index contributed by atoms with van der Waals surface area (Å²) in [6.45, 7) is 6.72. The van der Waals surface area contributed by atoms with Crippen LogP contribution in [0.15, 0.2) is 22.9 Å². The van der Waals surface area contributed by atoms with Crippen molar-refractivity contribution in [3.05, 3.63) is 28.5 Å². The maximum atomic E-state index is 4.29. The lowest BCUT2D eigenvalue weighted by atomic mass is 10.2. The summed E-state index contributed by atoms with van der Waals surface area (Å²) in [6, 6.07) is 2.05. The fraction of sp³-hybridized carbons (Fsp3) is 0.250. The molecule has 0 aliphatic heterocycles. The molecule has 2 rings (SSSR count). The van der Waals surface area contributed by atoms with Crippen molar-refractivity contribution in [1.29, 1.82) is 0 Å². The number of pyridine rings is 1. The molecule has 0 atom stereocenters. The summed E-state index contributed by atoms with van der Waals surface area (Å²) in [5, 5.41) is 1.08. The Kier molecular flexibility index (Phi) is 2.91. The molecule has 0 radical (unpaired) electrons. The predicted octanol–water partition coefficient (Wildman–Crippen LogP) is 3.55. The third-order valence-corrected chi connectivity index (χ3v) is 3.38. The van der Waals surface area contributed by atoms with Gasteiger partial charge in [0.25, 0.3) is 0 Å². The van der Waals surface area contributed by atoms with Gasteiger partial charge in [-0.3, -0.25) is 0 Å². The first-order chi connectivity index (χ1) is 7.46. The Balaban J connectivity index is 2.52. The third kappa shape index (κ3) is 2.54. The van der Waals surface area contributed by atoms with Crippen LogP contribution in [0.5, 0.6) is 0 Å². The number of aromatic amines is 1. The Morgan fingerprint density at radius 2 is 2.12 bits per heavy atom. The summed E-state index contributed by atoms with van der Waals surface area (Å²) in [6.07, 6.45) is 3.71. The Morgan fingerprint density at radius 1 is 1.38 bits per heavy atom. The molecule has 0 amide bonds. The molecule has 2 nitrogen and oxygen atoms in total. The van der Waals surface area contributed by atoms with Crippen LogP contribution in [-0.4, -0.2) is 18.0 Å². The van der Waals surface area contributed by atoms with Gasteiger partial charge in [-0.2, -0.15) is 0 Å². The van der Waals surface area contributed by atoms with Gasteiger partial charge in [-0.1, -0.05) is 25.6 Å². The van der Waals surface area contributed by atoms with Gasteiger partial charge in [0, 0.05) is 22.3 Å². The summed E-state index contributed by atoms with van der Waals surface area (Å²) < 4.78 is 0.982. The van der Waals surface area contributed by atoms with Crippen LogP contribution >= 0.6 is 15.9 Å². The number of hydrogen-bond acceptors (Lipinski definition) is 1. The smallest absolute Gasteiger partial charge is 0.138 e. The highest BCUT2D eigenvalue weighted by atomic mass is 79.9. The fourth-order valence-corrected chi connectivity index (χ4v) is 2.18. The van der Waals surface area contributed by atoms with Gasteiger partial charge < -0.3 is 4.98 Å². The summed E-state index contributed by atoms with van der Waals surface area (Å²) in [4.78, 5) is 7.42. The minimum absolute atomic E-state index is 0.892. The average molecular weight is 293 g/mol. The SMILES string of the molecule is C[Si](C)(C)C#Cc1c[nH]c2ncc(Br)cc12. The van der Waals surface area contributed by atoms with Crippen LogP contribution < -0.4 is 0 Å². The zero-order valence-electron chi connectivity index (χ0n) is 9.56. The Labute approximate surface area is 105 Å². The van der Waals surface area contributed by atoms with E-state index in [1.54, 1.807) is 6.20 Å². The van der Waals surface area contributed by atoms with Crippen molar-refractivity contribution in [3.8, 4) is 11.5 Å². The molecule has 0 saturated heterocycles. The van der Waals surface area contributed by atoms with E-state index in [-0.39, 0.29) is 0 Å². The Morgan fingerprint density at radius 3 is 2.81 bits per heavy atom. The molecule has 2 aromatic rings. The van der Waals surface area contributed by atoms with Crippen molar-refractivity contribution >= 4 is 35.0 Å². The van der Waals surface area contributed by atoms with Crippen LogP contribution in [-0.2, 0) is 0 Å². The van der Waals surface area contributed by atoms with Gasteiger partial charge in [-0.05, 0) is 22.0 Å². The van der Waals surface area contributed by atoms with E-state index in [9.17, 15) is 0 Å². The van der Waals surface area contributed by atoms with E-state index in [1.165, 1.54) is 0 Å². The van der Waals surface area contributed by atoms with Gasteiger partial charge in [0.1, 0.15) is 13.7 Å². The number of H-pyrrole nitrogens is 1. The Hall–Kier alpha value is -1.05. The largest absolute Gasteiger partial charge is 0.345 e. The standard InChI is InChI=1S/C12H13BrN2Si/c1-16(2,3)5-4-9-7-14-12-11(9)6-10(13)8-15-12/h6-8H,1-3H3,(H,14,15). The second kappa shape index (κ2) is 4.08. The third-order valence-electron chi connectivity index (χ3n) is 2.07. The monoisotopic (exact) mass is 292 g/mol. The summed E-state index contributed by atoms with van der Waals surface area (Å²) >= 11 is 3.43. The van der Waals surface area contributed by atoms with E-state index in [4.69, 9.17) is 0 Å². The minimum atomic E-state index is -1.32. The van der Waals surface area contributed by atoms with Crippen LogP contribution in [0.25, 0.3) is 11.0 Å². The van der Waals surface area contributed by atoms with Gasteiger partial charge >= 0.3 is 0 Å². The fourth-order valence-electron chi connectivity index (χ4n) is 1.34. The molecule has 0 aliphatic carbocycles. The molecule has 2 heterocycles.